The fourth-order valence-electron chi connectivity index (χ4n) is 2.86. The highest BCUT2D eigenvalue weighted by atomic mass is 35.5. The van der Waals surface area contributed by atoms with Crippen LogP contribution in [0.1, 0.15) is 27.9 Å². The van der Waals surface area contributed by atoms with Gasteiger partial charge in [-0.15, -0.1) is 0 Å². The number of nitrogens with zero attached hydrogens (tertiary/aromatic N) is 1. The molecule has 1 amide bonds. The fraction of sp³-hybridized carbons (Fsp3) is 0.143. The molecule has 1 aliphatic carbocycles. The number of hydrogen-bond acceptors (Lipinski definition) is 5. The van der Waals surface area contributed by atoms with E-state index in [0.29, 0.717) is 33.9 Å². The van der Waals surface area contributed by atoms with Crippen LogP contribution >= 0.6 is 23.7 Å². The second kappa shape index (κ2) is 10.7. The molecule has 2 aromatic carbocycles. The number of benzene rings is 2. The molecule has 0 aliphatic heterocycles. The molecule has 0 saturated heterocycles. The molecule has 0 radical (unpaired) electrons. The van der Waals surface area contributed by atoms with Gasteiger partial charge in [0.05, 0.1) is 29.1 Å². The largest absolute Gasteiger partial charge is 0.348 e. The van der Waals surface area contributed by atoms with Gasteiger partial charge >= 0.3 is 0 Å². The maximum atomic E-state index is 13.2. The number of rotatable bonds is 7. The fourth-order valence-corrected chi connectivity index (χ4v) is 4.34. The van der Waals surface area contributed by atoms with Crippen molar-refractivity contribution in [3.05, 3.63) is 87.1 Å². The van der Waals surface area contributed by atoms with E-state index in [2.05, 4.69) is 14.4 Å². The first-order chi connectivity index (χ1) is 14.9. The van der Waals surface area contributed by atoms with Crippen LogP contribution in [0.5, 0.6) is 0 Å². The summed E-state index contributed by atoms with van der Waals surface area (Å²) >= 11 is 6.87. The van der Waals surface area contributed by atoms with Crippen molar-refractivity contribution in [2.45, 2.75) is 19.9 Å². The van der Waals surface area contributed by atoms with Gasteiger partial charge in [-0.1, -0.05) is 29.8 Å². The number of nitrogens with two attached hydrogens (primary N) is 1. The van der Waals surface area contributed by atoms with Crippen molar-refractivity contribution in [2.75, 3.05) is 4.72 Å². The summed E-state index contributed by atoms with van der Waals surface area (Å²) in [5.41, 5.74) is 2.96. The Hall–Kier alpha value is -2.46. The molecular formula is C21H20ClFN4O2S2. The average molecular weight is 479 g/mol. The molecule has 1 aliphatic rings. The van der Waals surface area contributed by atoms with Crippen LogP contribution < -0.4 is 15.2 Å². The quantitative estimate of drug-likeness (QED) is 0.506. The van der Waals surface area contributed by atoms with Gasteiger partial charge in [0.15, 0.2) is 0 Å². The van der Waals surface area contributed by atoms with Gasteiger partial charge in [-0.05, 0) is 54.5 Å². The molecule has 1 unspecified atom stereocenters. The SMILES string of the molecule is Cc1ccc(C(=O)NCc2ccc(F)cc2Cl)c(NS(=O)C2=CC=C/C(=N/SN)C2)c1. The maximum Gasteiger partial charge on any atom is 0.253 e. The normalized spacial score (nSPS) is 15.5. The van der Waals surface area contributed by atoms with Gasteiger partial charge in [-0.2, -0.15) is 0 Å². The van der Waals surface area contributed by atoms with Gasteiger partial charge in [0.25, 0.3) is 5.91 Å². The van der Waals surface area contributed by atoms with Gasteiger partial charge in [0.1, 0.15) is 16.8 Å². The monoisotopic (exact) mass is 478 g/mol. The molecule has 3 rings (SSSR count). The first kappa shape index (κ1) is 23.2. The number of nitrogens with one attached hydrogen (secondary N) is 2. The molecular weight excluding hydrogens is 459 g/mol. The molecule has 0 fully saturated rings. The van der Waals surface area contributed by atoms with Crippen molar-refractivity contribution >= 4 is 52.0 Å². The van der Waals surface area contributed by atoms with Crippen LogP contribution in [0, 0.1) is 12.7 Å². The van der Waals surface area contributed by atoms with E-state index < -0.39 is 16.8 Å². The van der Waals surface area contributed by atoms with Crippen LogP contribution in [-0.4, -0.2) is 15.8 Å². The second-order valence-electron chi connectivity index (χ2n) is 6.70. The van der Waals surface area contributed by atoms with E-state index in [1.165, 1.54) is 18.2 Å². The summed E-state index contributed by atoms with van der Waals surface area (Å²) < 4.78 is 33.1. The molecule has 0 spiro atoms. The number of carbonyl (C=O) groups excluding carboxylic acids is 1. The van der Waals surface area contributed by atoms with E-state index in [9.17, 15) is 13.4 Å². The van der Waals surface area contributed by atoms with Crippen molar-refractivity contribution in [1.82, 2.24) is 5.32 Å². The third kappa shape index (κ3) is 6.27. The van der Waals surface area contributed by atoms with E-state index >= 15 is 0 Å². The van der Waals surface area contributed by atoms with Gasteiger partial charge in [-0.3, -0.25) is 9.93 Å². The Morgan fingerprint density at radius 1 is 1.32 bits per heavy atom. The Bertz CT molecular complexity index is 1120. The first-order valence-corrected chi connectivity index (χ1v) is 11.5. The number of carbonyl (C=O) groups is 1. The lowest BCUT2D eigenvalue weighted by molar-refractivity contribution is 0.0952. The molecule has 1 atom stereocenters. The first-order valence-electron chi connectivity index (χ1n) is 9.18. The number of aryl methyl sites for hydroxylation is 1. The summed E-state index contributed by atoms with van der Waals surface area (Å²) in [5.74, 6) is -0.822. The van der Waals surface area contributed by atoms with Gasteiger partial charge < -0.3 is 10.0 Å². The molecule has 0 bridgehead atoms. The summed E-state index contributed by atoms with van der Waals surface area (Å²) in [6, 6.07) is 9.19. The highest BCUT2D eigenvalue weighted by Crippen LogP contribution is 2.23. The topological polar surface area (TPSA) is 96.6 Å². The molecule has 10 heteroatoms. The van der Waals surface area contributed by atoms with Crippen LogP contribution in [-0.2, 0) is 17.5 Å². The minimum Gasteiger partial charge on any atom is -0.348 e. The number of hydrogen-bond donors (Lipinski definition) is 3. The third-order valence-electron chi connectivity index (χ3n) is 4.41. The smallest absolute Gasteiger partial charge is 0.253 e. The van der Waals surface area contributed by atoms with Crippen molar-refractivity contribution in [3.8, 4) is 0 Å². The minimum atomic E-state index is -1.58. The second-order valence-corrected chi connectivity index (χ2v) is 8.76. The van der Waals surface area contributed by atoms with Crippen molar-refractivity contribution in [3.63, 3.8) is 0 Å². The van der Waals surface area contributed by atoms with Crippen molar-refractivity contribution in [1.29, 1.82) is 0 Å². The van der Waals surface area contributed by atoms with Crippen LogP contribution in [0.25, 0.3) is 0 Å². The minimum absolute atomic E-state index is 0.126. The molecule has 162 valence electrons. The Balaban J connectivity index is 1.75. The Morgan fingerprint density at radius 3 is 2.87 bits per heavy atom. The van der Waals surface area contributed by atoms with Crippen LogP contribution in [0.2, 0.25) is 5.02 Å². The zero-order valence-electron chi connectivity index (χ0n) is 16.5. The van der Waals surface area contributed by atoms with E-state index in [0.717, 1.165) is 17.7 Å². The van der Waals surface area contributed by atoms with Gasteiger partial charge in [-0.25, -0.2) is 13.0 Å². The highest BCUT2D eigenvalue weighted by Gasteiger charge is 2.17. The lowest BCUT2D eigenvalue weighted by Gasteiger charge is -2.15. The zero-order chi connectivity index (χ0) is 22.4. The summed E-state index contributed by atoms with van der Waals surface area (Å²) in [4.78, 5) is 13.4. The number of allylic oxidation sites excluding steroid dienone is 4. The molecule has 4 N–H and O–H groups in total. The molecule has 0 aromatic heterocycles. The summed E-state index contributed by atoms with van der Waals surface area (Å²) in [6.07, 6.45) is 5.68. The lowest BCUT2D eigenvalue weighted by atomic mass is 10.1. The van der Waals surface area contributed by atoms with E-state index in [1.807, 2.05) is 6.92 Å². The summed E-state index contributed by atoms with van der Waals surface area (Å²) in [5, 5.41) is 8.37. The van der Waals surface area contributed by atoms with Crippen molar-refractivity contribution < 1.29 is 13.4 Å². The maximum absolute atomic E-state index is 13.2. The molecule has 6 nitrogen and oxygen atoms in total. The predicted octanol–water partition coefficient (Wildman–Crippen LogP) is 4.60. The molecule has 0 heterocycles. The van der Waals surface area contributed by atoms with Gasteiger partial charge in [0, 0.05) is 22.9 Å². The standard InChI is InChI=1S/C21H20ClFN4O2S2/c1-13-5-8-18(21(28)25-12-14-6-7-15(23)10-19(14)22)20(9-13)27-31(29)17-4-2-3-16(11-17)26-30-24/h2-10,27H,11-12,24H2,1H3,(H,25,28)/b26-16-. The Labute approximate surface area is 191 Å². The summed E-state index contributed by atoms with van der Waals surface area (Å²) in [6.45, 7) is 2.00. The lowest BCUT2D eigenvalue weighted by Crippen LogP contribution is -2.24. The molecule has 2 aromatic rings. The van der Waals surface area contributed by atoms with Crippen molar-refractivity contribution in [2.24, 2.45) is 9.54 Å². The average Bonchev–Trinajstić information content (AvgIpc) is 2.73. The zero-order valence-corrected chi connectivity index (χ0v) is 18.9. The van der Waals surface area contributed by atoms with Crippen LogP contribution in [0.15, 0.2) is 63.9 Å². The van der Waals surface area contributed by atoms with E-state index in [-0.39, 0.29) is 17.5 Å². The van der Waals surface area contributed by atoms with E-state index in [4.69, 9.17) is 16.7 Å². The Morgan fingerprint density at radius 2 is 2.13 bits per heavy atom. The third-order valence-corrected chi connectivity index (χ3v) is 6.26. The highest BCUT2D eigenvalue weighted by molar-refractivity contribution is 7.95. The number of halogens is 2. The number of amides is 1. The number of anilines is 1. The van der Waals surface area contributed by atoms with Crippen LogP contribution in [0.4, 0.5) is 10.1 Å². The van der Waals surface area contributed by atoms with E-state index in [1.54, 1.807) is 36.4 Å². The summed E-state index contributed by atoms with van der Waals surface area (Å²) in [7, 11) is -1.58. The predicted molar refractivity (Wildman–Crippen MR) is 127 cm³/mol. The molecule has 0 saturated carbocycles. The molecule has 31 heavy (non-hydrogen) atoms. The Kier molecular flexibility index (Phi) is 8.03. The van der Waals surface area contributed by atoms with Crippen LogP contribution in [0.3, 0.4) is 0 Å². The van der Waals surface area contributed by atoms with Gasteiger partial charge in [0.2, 0.25) is 0 Å².